The van der Waals surface area contributed by atoms with Crippen LogP contribution in [-0.2, 0) is 16.0 Å². The van der Waals surface area contributed by atoms with Crippen molar-refractivity contribution in [2.45, 2.75) is 58.1 Å². The fourth-order valence-corrected chi connectivity index (χ4v) is 3.91. The number of carbonyl (C=O) groups is 2. The minimum Gasteiger partial charge on any atom is -0.497 e. The number of benzene rings is 1. The standard InChI is InChI=1S/C22H33N3O4/c1-22(2,3)29-21(27)23-17-9-11-24(12-10-17)13-14-25-19-15-18(28-4)7-5-16(19)6-8-20(25)26/h5,7,15,17H,6,8-14H2,1-4H3,(H,23,27). The van der Waals surface area contributed by atoms with Crippen molar-refractivity contribution < 1.29 is 19.1 Å². The molecule has 2 amide bonds. The molecule has 7 heteroatoms. The van der Waals surface area contributed by atoms with Crippen molar-refractivity contribution in [1.82, 2.24) is 10.2 Å². The van der Waals surface area contributed by atoms with Crippen molar-refractivity contribution in [3.63, 3.8) is 0 Å². The molecule has 0 unspecified atom stereocenters. The normalized spacial score (nSPS) is 18.3. The monoisotopic (exact) mass is 403 g/mol. The van der Waals surface area contributed by atoms with Gasteiger partial charge in [0.2, 0.25) is 5.91 Å². The van der Waals surface area contributed by atoms with Gasteiger partial charge in [-0.15, -0.1) is 0 Å². The van der Waals surface area contributed by atoms with E-state index in [1.807, 2.05) is 37.8 Å². The molecule has 0 bridgehead atoms. The van der Waals surface area contributed by atoms with Gasteiger partial charge in [0, 0.05) is 44.7 Å². The van der Waals surface area contributed by atoms with Gasteiger partial charge in [-0.05, 0) is 51.7 Å². The summed E-state index contributed by atoms with van der Waals surface area (Å²) in [6, 6.07) is 6.11. The summed E-state index contributed by atoms with van der Waals surface area (Å²) >= 11 is 0. The second-order valence-corrected chi connectivity index (χ2v) is 8.80. The van der Waals surface area contributed by atoms with Gasteiger partial charge in [-0.1, -0.05) is 6.07 Å². The van der Waals surface area contributed by atoms with Crippen LogP contribution in [0, 0.1) is 0 Å². The number of hydrogen-bond donors (Lipinski definition) is 1. The quantitative estimate of drug-likeness (QED) is 0.818. The van der Waals surface area contributed by atoms with Gasteiger partial charge in [0.15, 0.2) is 0 Å². The maximum atomic E-state index is 12.5. The molecule has 1 fully saturated rings. The molecule has 1 N–H and O–H groups in total. The Hall–Kier alpha value is -2.28. The van der Waals surface area contributed by atoms with Crippen LogP contribution in [0.1, 0.15) is 45.6 Å². The first kappa shape index (κ1) is 21.4. The van der Waals surface area contributed by atoms with E-state index in [0.717, 1.165) is 50.3 Å². The number of ether oxygens (including phenoxy) is 2. The molecule has 1 aromatic rings. The number of likely N-dealkylation sites (tertiary alicyclic amines) is 1. The van der Waals surface area contributed by atoms with Gasteiger partial charge >= 0.3 is 6.09 Å². The Kier molecular flexibility index (Phi) is 6.67. The number of piperidine rings is 1. The third-order valence-corrected chi connectivity index (χ3v) is 5.44. The van der Waals surface area contributed by atoms with Gasteiger partial charge in [-0.25, -0.2) is 4.79 Å². The van der Waals surface area contributed by atoms with Crippen LogP contribution in [0.25, 0.3) is 0 Å². The van der Waals surface area contributed by atoms with Crippen LogP contribution in [0.4, 0.5) is 10.5 Å². The molecule has 2 aliphatic rings. The Balaban J connectivity index is 1.50. The van der Waals surface area contributed by atoms with E-state index in [1.54, 1.807) is 7.11 Å². The van der Waals surface area contributed by atoms with E-state index < -0.39 is 5.60 Å². The lowest BCUT2D eigenvalue weighted by Gasteiger charge is -2.35. The first-order valence-electron chi connectivity index (χ1n) is 10.4. The van der Waals surface area contributed by atoms with E-state index in [1.165, 1.54) is 5.56 Å². The fraction of sp³-hybridized carbons (Fsp3) is 0.636. The van der Waals surface area contributed by atoms with Crippen molar-refractivity contribution >= 4 is 17.7 Å². The van der Waals surface area contributed by atoms with Crippen molar-refractivity contribution in [2.24, 2.45) is 0 Å². The summed E-state index contributed by atoms with van der Waals surface area (Å²) in [5.74, 6) is 0.949. The number of amides is 2. The van der Waals surface area contributed by atoms with Crippen LogP contribution in [0.15, 0.2) is 18.2 Å². The summed E-state index contributed by atoms with van der Waals surface area (Å²) < 4.78 is 10.7. The van der Waals surface area contributed by atoms with Crippen LogP contribution in [-0.4, -0.2) is 61.8 Å². The van der Waals surface area contributed by atoms with Crippen molar-refractivity contribution in [2.75, 3.05) is 38.2 Å². The lowest BCUT2D eigenvalue weighted by molar-refractivity contribution is -0.119. The maximum absolute atomic E-state index is 12.5. The number of anilines is 1. The number of methoxy groups -OCH3 is 1. The first-order chi connectivity index (χ1) is 13.7. The topological polar surface area (TPSA) is 71.1 Å². The van der Waals surface area contributed by atoms with Gasteiger partial charge in [-0.3, -0.25) is 4.79 Å². The molecule has 160 valence electrons. The van der Waals surface area contributed by atoms with E-state index in [-0.39, 0.29) is 18.0 Å². The Morgan fingerprint density at radius 2 is 1.90 bits per heavy atom. The molecular weight excluding hydrogens is 370 g/mol. The van der Waals surface area contributed by atoms with Gasteiger partial charge in [0.1, 0.15) is 11.4 Å². The molecule has 2 aliphatic heterocycles. The highest BCUT2D eigenvalue weighted by molar-refractivity contribution is 5.96. The summed E-state index contributed by atoms with van der Waals surface area (Å²) in [7, 11) is 1.65. The van der Waals surface area contributed by atoms with Crippen molar-refractivity contribution in [3.05, 3.63) is 23.8 Å². The van der Waals surface area contributed by atoms with Gasteiger partial charge in [0.25, 0.3) is 0 Å². The fourth-order valence-electron chi connectivity index (χ4n) is 3.91. The number of nitrogens with one attached hydrogen (secondary N) is 1. The molecule has 7 nitrogen and oxygen atoms in total. The smallest absolute Gasteiger partial charge is 0.407 e. The van der Waals surface area contributed by atoms with Gasteiger partial charge in [0.05, 0.1) is 12.8 Å². The molecule has 0 aliphatic carbocycles. The zero-order valence-electron chi connectivity index (χ0n) is 18.0. The molecule has 0 radical (unpaired) electrons. The van der Waals surface area contributed by atoms with Gasteiger partial charge in [-0.2, -0.15) is 0 Å². The summed E-state index contributed by atoms with van der Waals surface area (Å²) in [6.07, 6.45) is 2.77. The molecule has 0 saturated carbocycles. The van der Waals surface area contributed by atoms with E-state index in [9.17, 15) is 9.59 Å². The van der Waals surface area contributed by atoms with Crippen LogP contribution < -0.4 is 15.0 Å². The van der Waals surface area contributed by atoms with Crippen molar-refractivity contribution in [1.29, 1.82) is 0 Å². The highest BCUT2D eigenvalue weighted by Gasteiger charge is 2.27. The van der Waals surface area contributed by atoms with E-state index in [4.69, 9.17) is 9.47 Å². The number of carbonyl (C=O) groups excluding carboxylic acids is 2. The maximum Gasteiger partial charge on any atom is 0.407 e. The summed E-state index contributed by atoms with van der Waals surface area (Å²) in [4.78, 5) is 28.7. The van der Waals surface area contributed by atoms with Crippen LogP contribution >= 0.6 is 0 Å². The van der Waals surface area contributed by atoms with E-state index in [2.05, 4.69) is 16.3 Å². The number of nitrogens with zero attached hydrogens (tertiary/aromatic N) is 2. The van der Waals surface area contributed by atoms with E-state index in [0.29, 0.717) is 13.0 Å². The zero-order chi connectivity index (χ0) is 21.0. The third kappa shape index (κ3) is 5.85. The number of rotatable bonds is 5. The predicted molar refractivity (Wildman–Crippen MR) is 112 cm³/mol. The number of fused-ring (bicyclic) bond motifs is 1. The lowest BCUT2D eigenvalue weighted by Crippen LogP contribution is -2.48. The number of aryl methyl sites for hydroxylation is 1. The Bertz CT molecular complexity index is 736. The van der Waals surface area contributed by atoms with Crippen LogP contribution in [0.3, 0.4) is 0 Å². The summed E-state index contributed by atoms with van der Waals surface area (Å²) in [6.45, 7) is 8.88. The zero-order valence-corrected chi connectivity index (χ0v) is 18.0. The SMILES string of the molecule is COc1ccc2c(c1)N(CCN1CCC(NC(=O)OC(C)(C)C)CC1)C(=O)CC2. The average molecular weight is 404 g/mol. The molecule has 3 rings (SSSR count). The number of hydrogen-bond acceptors (Lipinski definition) is 5. The second-order valence-electron chi connectivity index (χ2n) is 8.80. The van der Waals surface area contributed by atoms with Gasteiger partial charge < -0.3 is 24.6 Å². The third-order valence-electron chi connectivity index (χ3n) is 5.44. The largest absolute Gasteiger partial charge is 0.497 e. The second kappa shape index (κ2) is 9.03. The predicted octanol–water partition coefficient (Wildman–Crippen LogP) is 2.96. The Morgan fingerprint density at radius 3 is 2.55 bits per heavy atom. The van der Waals surface area contributed by atoms with E-state index >= 15 is 0 Å². The summed E-state index contributed by atoms with van der Waals surface area (Å²) in [5.41, 5.74) is 1.69. The molecule has 1 saturated heterocycles. The molecular formula is C22H33N3O4. The Labute approximate surface area is 173 Å². The first-order valence-corrected chi connectivity index (χ1v) is 10.4. The Morgan fingerprint density at radius 1 is 1.17 bits per heavy atom. The van der Waals surface area contributed by atoms with Crippen LogP contribution in [0.2, 0.25) is 0 Å². The van der Waals surface area contributed by atoms with Crippen molar-refractivity contribution in [3.8, 4) is 5.75 Å². The highest BCUT2D eigenvalue weighted by atomic mass is 16.6. The molecule has 0 spiro atoms. The average Bonchev–Trinajstić information content (AvgIpc) is 2.66. The lowest BCUT2D eigenvalue weighted by atomic mass is 10.0. The minimum absolute atomic E-state index is 0.141. The molecule has 2 heterocycles. The molecule has 29 heavy (non-hydrogen) atoms. The summed E-state index contributed by atoms with van der Waals surface area (Å²) in [5, 5.41) is 2.97. The number of alkyl carbamates (subject to hydrolysis) is 1. The highest BCUT2D eigenvalue weighted by Crippen LogP contribution is 2.31. The molecule has 1 aromatic carbocycles. The molecule has 0 aromatic heterocycles. The molecule has 0 atom stereocenters. The van der Waals surface area contributed by atoms with Crippen LogP contribution in [0.5, 0.6) is 5.75 Å². The minimum atomic E-state index is -0.481.